The van der Waals surface area contributed by atoms with Gasteiger partial charge < -0.3 is 9.73 Å². The summed E-state index contributed by atoms with van der Waals surface area (Å²) in [5.74, 6) is 1.82. The maximum atomic E-state index is 5.42. The lowest BCUT2D eigenvalue weighted by Crippen LogP contribution is -2.53. The first-order valence-electron chi connectivity index (χ1n) is 7.72. The number of hydrogen-bond donors (Lipinski definition) is 1. The number of piperidine rings is 1. The van der Waals surface area contributed by atoms with Crippen molar-refractivity contribution in [3.8, 4) is 0 Å². The Labute approximate surface area is 117 Å². The van der Waals surface area contributed by atoms with Crippen LogP contribution < -0.4 is 5.32 Å². The Morgan fingerprint density at radius 1 is 1.42 bits per heavy atom. The fourth-order valence-corrected chi connectivity index (χ4v) is 3.08. The third-order valence-electron chi connectivity index (χ3n) is 4.58. The van der Waals surface area contributed by atoms with Gasteiger partial charge in [-0.3, -0.25) is 4.90 Å². The second-order valence-corrected chi connectivity index (χ2v) is 5.81. The van der Waals surface area contributed by atoms with Gasteiger partial charge in [-0.05, 0) is 50.9 Å². The molecule has 0 spiro atoms. The third kappa shape index (κ3) is 3.83. The molecule has 3 atom stereocenters. The summed E-state index contributed by atoms with van der Waals surface area (Å²) in [5.41, 5.74) is 0. The molecule has 2 heterocycles. The summed E-state index contributed by atoms with van der Waals surface area (Å²) in [6.07, 6.45) is 5.28. The zero-order valence-electron chi connectivity index (χ0n) is 12.6. The Morgan fingerprint density at radius 3 is 2.95 bits per heavy atom. The first kappa shape index (κ1) is 14.6. The Bertz CT molecular complexity index is 350. The molecule has 0 aromatic carbocycles. The monoisotopic (exact) mass is 264 g/mol. The van der Waals surface area contributed by atoms with E-state index in [2.05, 4.69) is 37.1 Å². The number of likely N-dealkylation sites (tertiary alicyclic amines) is 1. The van der Waals surface area contributed by atoms with Gasteiger partial charge in [0.15, 0.2) is 0 Å². The average molecular weight is 264 g/mol. The predicted molar refractivity (Wildman–Crippen MR) is 79.3 cm³/mol. The van der Waals surface area contributed by atoms with Gasteiger partial charge in [0.25, 0.3) is 0 Å². The molecule has 0 amide bonds. The predicted octanol–water partition coefficient (Wildman–Crippen LogP) is 2.92. The Kier molecular flexibility index (Phi) is 5.46. The highest BCUT2D eigenvalue weighted by molar-refractivity contribution is 4.99. The van der Waals surface area contributed by atoms with Gasteiger partial charge in [-0.15, -0.1) is 0 Å². The highest BCUT2D eigenvalue weighted by atomic mass is 16.3. The minimum Gasteiger partial charge on any atom is -0.469 e. The summed E-state index contributed by atoms with van der Waals surface area (Å²) in [5, 5.41) is 3.70. The molecule has 19 heavy (non-hydrogen) atoms. The van der Waals surface area contributed by atoms with Crippen LogP contribution in [0.5, 0.6) is 0 Å². The Hall–Kier alpha value is -0.800. The maximum Gasteiger partial charge on any atom is 0.105 e. The number of nitrogens with zero attached hydrogens (tertiary/aromatic N) is 1. The zero-order valence-corrected chi connectivity index (χ0v) is 12.6. The summed E-state index contributed by atoms with van der Waals surface area (Å²) in [7, 11) is 0. The first-order valence-corrected chi connectivity index (χ1v) is 7.72. The average Bonchev–Trinajstić information content (AvgIpc) is 2.92. The van der Waals surface area contributed by atoms with E-state index < -0.39 is 0 Å². The molecular weight excluding hydrogens is 236 g/mol. The number of nitrogens with one attached hydrogen (secondary N) is 1. The second kappa shape index (κ2) is 7.11. The van der Waals surface area contributed by atoms with Crippen molar-refractivity contribution in [2.45, 2.75) is 52.1 Å². The van der Waals surface area contributed by atoms with E-state index in [0.717, 1.165) is 31.2 Å². The van der Waals surface area contributed by atoms with Gasteiger partial charge in [0, 0.05) is 25.0 Å². The number of furan rings is 1. The van der Waals surface area contributed by atoms with E-state index >= 15 is 0 Å². The minimum absolute atomic E-state index is 0.651. The van der Waals surface area contributed by atoms with Crippen molar-refractivity contribution in [2.24, 2.45) is 5.92 Å². The van der Waals surface area contributed by atoms with E-state index in [-0.39, 0.29) is 0 Å². The van der Waals surface area contributed by atoms with E-state index in [4.69, 9.17) is 4.42 Å². The second-order valence-electron chi connectivity index (χ2n) is 5.81. The Balaban J connectivity index is 1.81. The normalized spacial score (nSPS) is 28.7. The SMILES string of the molecule is CCCNC1CCN(CCc2ccco2)C(C)C1C. The number of hydrogen-bond acceptors (Lipinski definition) is 3. The largest absolute Gasteiger partial charge is 0.469 e. The van der Waals surface area contributed by atoms with Gasteiger partial charge in [0.1, 0.15) is 5.76 Å². The fraction of sp³-hybridized carbons (Fsp3) is 0.750. The van der Waals surface area contributed by atoms with E-state index in [0.29, 0.717) is 12.1 Å². The van der Waals surface area contributed by atoms with Gasteiger partial charge in [-0.25, -0.2) is 0 Å². The lowest BCUT2D eigenvalue weighted by atomic mass is 9.87. The van der Waals surface area contributed by atoms with Crippen molar-refractivity contribution >= 4 is 0 Å². The van der Waals surface area contributed by atoms with Gasteiger partial charge in [0.2, 0.25) is 0 Å². The zero-order chi connectivity index (χ0) is 13.7. The summed E-state index contributed by atoms with van der Waals surface area (Å²) < 4.78 is 5.42. The topological polar surface area (TPSA) is 28.4 Å². The summed E-state index contributed by atoms with van der Waals surface area (Å²) in [6.45, 7) is 10.4. The first-order chi connectivity index (χ1) is 9.22. The molecule has 2 rings (SSSR count). The summed E-state index contributed by atoms with van der Waals surface area (Å²) in [4.78, 5) is 2.61. The molecule has 0 radical (unpaired) electrons. The molecule has 3 nitrogen and oxygen atoms in total. The van der Waals surface area contributed by atoms with E-state index in [1.54, 1.807) is 6.26 Å². The van der Waals surface area contributed by atoms with Crippen molar-refractivity contribution in [1.82, 2.24) is 10.2 Å². The van der Waals surface area contributed by atoms with E-state index in [1.807, 2.05) is 6.07 Å². The molecule has 1 aliphatic rings. The van der Waals surface area contributed by atoms with Crippen LogP contribution in [0.1, 0.15) is 39.4 Å². The molecular formula is C16H28N2O. The molecule has 3 unspecified atom stereocenters. The van der Waals surface area contributed by atoms with Crippen molar-refractivity contribution in [2.75, 3.05) is 19.6 Å². The van der Waals surface area contributed by atoms with Crippen LogP contribution in [-0.2, 0) is 6.42 Å². The van der Waals surface area contributed by atoms with Crippen LogP contribution in [0.25, 0.3) is 0 Å². The molecule has 1 fully saturated rings. The summed E-state index contributed by atoms with van der Waals surface area (Å²) >= 11 is 0. The van der Waals surface area contributed by atoms with E-state index in [9.17, 15) is 0 Å². The molecule has 3 heteroatoms. The van der Waals surface area contributed by atoms with Gasteiger partial charge >= 0.3 is 0 Å². The standard InChI is InChI=1S/C16H28N2O/c1-4-9-17-16-8-11-18(14(3)13(16)2)10-7-15-6-5-12-19-15/h5-6,12-14,16-17H,4,7-11H2,1-3H3. The van der Waals surface area contributed by atoms with Gasteiger partial charge in [-0.1, -0.05) is 13.8 Å². The smallest absolute Gasteiger partial charge is 0.105 e. The maximum absolute atomic E-state index is 5.42. The summed E-state index contributed by atoms with van der Waals surface area (Å²) in [6, 6.07) is 5.39. The molecule has 0 saturated carbocycles. The number of rotatable bonds is 6. The van der Waals surface area contributed by atoms with Crippen molar-refractivity contribution < 1.29 is 4.42 Å². The van der Waals surface area contributed by atoms with Crippen molar-refractivity contribution in [3.05, 3.63) is 24.2 Å². The molecule has 0 bridgehead atoms. The van der Waals surface area contributed by atoms with Crippen LogP contribution in [-0.4, -0.2) is 36.6 Å². The van der Waals surface area contributed by atoms with Crippen molar-refractivity contribution in [1.29, 1.82) is 0 Å². The van der Waals surface area contributed by atoms with Crippen LogP contribution in [0, 0.1) is 5.92 Å². The fourth-order valence-electron chi connectivity index (χ4n) is 3.08. The molecule has 1 aromatic rings. The quantitative estimate of drug-likeness (QED) is 0.856. The molecule has 1 N–H and O–H groups in total. The molecule has 1 aliphatic heterocycles. The van der Waals surface area contributed by atoms with Crippen LogP contribution >= 0.6 is 0 Å². The molecule has 108 valence electrons. The van der Waals surface area contributed by atoms with Gasteiger partial charge in [-0.2, -0.15) is 0 Å². The van der Waals surface area contributed by atoms with E-state index in [1.165, 1.54) is 19.4 Å². The van der Waals surface area contributed by atoms with Crippen molar-refractivity contribution in [3.63, 3.8) is 0 Å². The third-order valence-corrected chi connectivity index (χ3v) is 4.58. The lowest BCUT2D eigenvalue weighted by molar-refractivity contribution is 0.0849. The van der Waals surface area contributed by atoms with Gasteiger partial charge in [0.05, 0.1) is 6.26 Å². The molecule has 1 saturated heterocycles. The Morgan fingerprint density at radius 2 is 2.26 bits per heavy atom. The lowest BCUT2D eigenvalue weighted by Gasteiger charge is -2.43. The molecule has 1 aromatic heterocycles. The van der Waals surface area contributed by atoms with Crippen LogP contribution in [0.2, 0.25) is 0 Å². The van der Waals surface area contributed by atoms with Crippen LogP contribution in [0.15, 0.2) is 22.8 Å². The molecule has 0 aliphatic carbocycles. The highest BCUT2D eigenvalue weighted by Crippen LogP contribution is 2.23. The van der Waals surface area contributed by atoms with Crippen LogP contribution in [0.3, 0.4) is 0 Å². The van der Waals surface area contributed by atoms with Crippen LogP contribution in [0.4, 0.5) is 0 Å². The minimum atomic E-state index is 0.651. The highest BCUT2D eigenvalue weighted by Gasteiger charge is 2.31.